The molecule has 2 N–H and O–H groups in total. The van der Waals surface area contributed by atoms with Gasteiger partial charge in [-0.15, -0.1) is 0 Å². The Balaban J connectivity index is 1.47. The second-order valence-corrected chi connectivity index (χ2v) is 10.8. The van der Waals surface area contributed by atoms with Crippen LogP contribution in [0, 0.1) is 5.41 Å². The van der Waals surface area contributed by atoms with E-state index in [1.54, 1.807) is 18.3 Å². The molecule has 0 bridgehead atoms. The number of hydrogen-bond donors (Lipinski definition) is 2. The van der Waals surface area contributed by atoms with E-state index in [1.807, 2.05) is 51.1 Å². The molecule has 198 valence electrons. The van der Waals surface area contributed by atoms with Crippen LogP contribution in [0.4, 0.5) is 4.79 Å². The number of carbonyl (C=O) groups is 3. The monoisotopic (exact) mass is 509 g/mol. The number of carboxylic acids is 1. The second kappa shape index (κ2) is 11.2. The van der Waals surface area contributed by atoms with Crippen molar-refractivity contribution < 1.29 is 29.0 Å². The molecule has 1 saturated heterocycles. The van der Waals surface area contributed by atoms with Crippen LogP contribution in [0.5, 0.6) is 5.75 Å². The molecule has 1 saturated carbocycles. The maximum absolute atomic E-state index is 13.6. The minimum atomic E-state index is -1.11. The van der Waals surface area contributed by atoms with Gasteiger partial charge in [-0.3, -0.25) is 9.78 Å². The van der Waals surface area contributed by atoms with Gasteiger partial charge in [0.25, 0.3) is 0 Å². The zero-order valence-corrected chi connectivity index (χ0v) is 21.6. The van der Waals surface area contributed by atoms with Gasteiger partial charge in [0, 0.05) is 24.2 Å². The van der Waals surface area contributed by atoms with Crippen LogP contribution in [0.15, 0.2) is 48.7 Å². The molecule has 0 spiro atoms. The van der Waals surface area contributed by atoms with Gasteiger partial charge >= 0.3 is 12.1 Å². The number of ether oxygens (including phenoxy) is 2. The van der Waals surface area contributed by atoms with E-state index in [0.29, 0.717) is 5.75 Å². The van der Waals surface area contributed by atoms with Gasteiger partial charge in [-0.1, -0.05) is 51.1 Å². The molecule has 1 aromatic carbocycles. The molecule has 2 amide bonds. The lowest BCUT2D eigenvalue weighted by Crippen LogP contribution is -2.57. The molecule has 2 aliphatic rings. The highest BCUT2D eigenvalue weighted by Gasteiger charge is 2.46. The first-order valence-corrected chi connectivity index (χ1v) is 12.8. The zero-order valence-electron chi connectivity index (χ0n) is 21.6. The molecular formula is C28H35N3O6. The maximum atomic E-state index is 13.6. The summed E-state index contributed by atoms with van der Waals surface area (Å²) in [5.74, 6) is -1.03. The average Bonchev–Trinajstić information content (AvgIpc) is 3.52. The molecule has 37 heavy (non-hydrogen) atoms. The summed E-state index contributed by atoms with van der Waals surface area (Å²) in [5, 5.41) is 12.6. The number of carbonyl (C=O) groups excluding carboxylic acids is 2. The summed E-state index contributed by atoms with van der Waals surface area (Å²) in [5.41, 5.74) is 1.00. The number of amides is 2. The first-order valence-electron chi connectivity index (χ1n) is 12.8. The van der Waals surface area contributed by atoms with Crippen molar-refractivity contribution in [1.82, 2.24) is 15.2 Å². The number of likely N-dealkylation sites (tertiary alicyclic amines) is 1. The van der Waals surface area contributed by atoms with Crippen molar-refractivity contribution in [2.24, 2.45) is 5.41 Å². The molecule has 2 aromatic rings. The Kier molecular flexibility index (Phi) is 8.00. The van der Waals surface area contributed by atoms with Crippen molar-refractivity contribution in [1.29, 1.82) is 0 Å². The maximum Gasteiger partial charge on any atom is 0.408 e. The fraction of sp³-hybridized carbons (Fsp3) is 0.500. The molecule has 1 aliphatic carbocycles. The Morgan fingerprint density at radius 2 is 1.78 bits per heavy atom. The highest BCUT2D eigenvalue weighted by molar-refractivity contribution is 5.90. The normalized spacial score (nSPS) is 20.9. The summed E-state index contributed by atoms with van der Waals surface area (Å²) in [6.07, 6.45) is 4.11. The summed E-state index contributed by atoms with van der Waals surface area (Å²) >= 11 is 0. The van der Waals surface area contributed by atoms with E-state index in [9.17, 15) is 19.5 Å². The number of nitrogens with zero attached hydrogens (tertiary/aromatic N) is 2. The van der Waals surface area contributed by atoms with Gasteiger partial charge in [0.1, 0.15) is 30.0 Å². The van der Waals surface area contributed by atoms with Gasteiger partial charge in [-0.2, -0.15) is 0 Å². The van der Waals surface area contributed by atoms with E-state index in [-0.39, 0.29) is 19.1 Å². The Morgan fingerprint density at radius 3 is 2.43 bits per heavy atom. The molecule has 4 rings (SSSR count). The van der Waals surface area contributed by atoms with Crippen LogP contribution in [0.25, 0.3) is 11.3 Å². The standard InChI is InChI=1S/C28H35N3O6/c1-28(2,3)24(30-27(35)37-19-11-7-8-12-19)25(32)31-17-21(16-23(31)26(33)34)36-20-13-14-29-22(15-20)18-9-5-4-6-10-18/h4-6,9-10,13-15,19,21,23-24H,7-8,11-12,16-17H2,1-3H3,(H,30,35)(H,33,34)/t21-,23+,24?/m1/s1. The van der Waals surface area contributed by atoms with Gasteiger partial charge < -0.3 is 24.8 Å². The third-order valence-corrected chi connectivity index (χ3v) is 6.89. The van der Waals surface area contributed by atoms with Crippen molar-refractivity contribution in [2.45, 2.75) is 77.2 Å². The lowest BCUT2D eigenvalue weighted by Gasteiger charge is -2.34. The van der Waals surface area contributed by atoms with Gasteiger partial charge in [0.05, 0.1) is 12.2 Å². The van der Waals surface area contributed by atoms with E-state index in [4.69, 9.17) is 9.47 Å². The molecule has 1 aromatic heterocycles. The second-order valence-electron chi connectivity index (χ2n) is 10.8. The lowest BCUT2D eigenvalue weighted by atomic mass is 9.85. The van der Waals surface area contributed by atoms with Crippen molar-refractivity contribution in [2.75, 3.05) is 6.54 Å². The van der Waals surface area contributed by atoms with E-state index < -0.39 is 41.6 Å². The zero-order chi connectivity index (χ0) is 26.6. The summed E-state index contributed by atoms with van der Waals surface area (Å²) in [6, 6.07) is 11.2. The molecule has 2 heterocycles. The van der Waals surface area contributed by atoms with Crippen molar-refractivity contribution in [3.05, 3.63) is 48.7 Å². The minimum Gasteiger partial charge on any atom is -0.488 e. The molecule has 9 nitrogen and oxygen atoms in total. The number of aliphatic carboxylic acids is 1. The SMILES string of the molecule is CC(C)(C)C(NC(=O)OC1CCCC1)C(=O)N1C[C@H](Oc2ccnc(-c3ccccc3)c2)C[C@H]1C(=O)O. The summed E-state index contributed by atoms with van der Waals surface area (Å²) in [4.78, 5) is 44.0. The first-order chi connectivity index (χ1) is 17.6. The predicted octanol–water partition coefficient (Wildman–Crippen LogP) is 4.27. The lowest BCUT2D eigenvalue weighted by molar-refractivity contribution is -0.150. The quantitative estimate of drug-likeness (QED) is 0.572. The Labute approximate surface area is 217 Å². The van der Waals surface area contributed by atoms with Crippen LogP contribution in [-0.2, 0) is 14.3 Å². The van der Waals surface area contributed by atoms with Crippen molar-refractivity contribution >= 4 is 18.0 Å². The minimum absolute atomic E-state index is 0.0880. The fourth-order valence-electron chi connectivity index (χ4n) is 4.93. The molecular weight excluding hydrogens is 474 g/mol. The summed E-state index contributed by atoms with van der Waals surface area (Å²) in [7, 11) is 0. The van der Waals surface area contributed by atoms with E-state index in [1.165, 1.54) is 4.90 Å². The van der Waals surface area contributed by atoms with Crippen LogP contribution >= 0.6 is 0 Å². The van der Waals surface area contributed by atoms with Crippen molar-refractivity contribution in [3.8, 4) is 17.0 Å². The third-order valence-electron chi connectivity index (χ3n) is 6.89. The highest BCUT2D eigenvalue weighted by atomic mass is 16.6. The van der Waals surface area contributed by atoms with Gasteiger partial charge in [-0.25, -0.2) is 9.59 Å². The van der Waals surface area contributed by atoms with E-state index in [2.05, 4.69) is 10.3 Å². The largest absolute Gasteiger partial charge is 0.488 e. The summed E-state index contributed by atoms with van der Waals surface area (Å²) < 4.78 is 11.6. The van der Waals surface area contributed by atoms with Crippen molar-refractivity contribution in [3.63, 3.8) is 0 Å². The number of carboxylic acid groups (broad SMARTS) is 1. The molecule has 3 atom stereocenters. The Hall–Kier alpha value is -3.62. The number of rotatable bonds is 7. The van der Waals surface area contributed by atoms with Crippen LogP contribution in [0.2, 0.25) is 0 Å². The van der Waals surface area contributed by atoms with Crippen LogP contribution in [-0.4, -0.2) is 63.8 Å². The molecule has 9 heteroatoms. The van der Waals surface area contributed by atoms with Crippen LogP contribution < -0.4 is 10.1 Å². The number of benzene rings is 1. The number of alkyl carbamates (subject to hydrolysis) is 1. The van der Waals surface area contributed by atoms with Gasteiger partial charge in [0.15, 0.2) is 0 Å². The Morgan fingerprint density at radius 1 is 1.08 bits per heavy atom. The smallest absolute Gasteiger partial charge is 0.408 e. The predicted molar refractivity (Wildman–Crippen MR) is 137 cm³/mol. The molecule has 1 aliphatic heterocycles. The number of pyridine rings is 1. The number of hydrogen-bond acceptors (Lipinski definition) is 6. The molecule has 0 radical (unpaired) electrons. The number of aromatic nitrogens is 1. The first kappa shape index (κ1) is 26.4. The van der Waals surface area contributed by atoms with E-state index >= 15 is 0 Å². The third kappa shape index (κ3) is 6.58. The average molecular weight is 510 g/mol. The number of nitrogens with one attached hydrogen (secondary N) is 1. The summed E-state index contributed by atoms with van der Waals surface area (Å²) in [6.45, 7) is 5.57. The highest BCUT2D eigenvalue weighted by Crippen LogP contribution is 2.30. The molecule has 2 fully saturated rings. The topological polar surface area (TPSA) is 118 Å². The Bertz CT molecular complexity index is 1110. The van der Waals surface area contributed by atoms with Crippen LogP contribution in [0.3, 0.4) is 0 Å². The fourth-order valence-corrected chi connectivity index (χ4v) is 4.93. The van der Waals surface area contributed by atoms with Gasteiger partial charge in [-0.05, 0) is 37.2 Å². The van der Waals surface area contributed by atoms with E-state index in [0.717, 1.165) is 36.9 Å². The van der Waals surface area contributed by atoms with Gasteiger partial charge in [0.2, 0.25) is 5.91 Å². The van der Waals surface area contributed by atoms with Crippen LogP contribution in [0.1, 0.15) is 52.9 Å². The molecule has 1 unspecified atom stereocenters.